The fourth-order valence-corrected chi connectivity index (χ4v) is 4.68. The number of benzene rings is 4. The van der Waals surface area contributed by atoms with Gasteiger partial charge in [-0.2, -0.15) is 5.06 Å². The summed E-state index contributed by atoms with van der Waals surface area (Å²) in [6, 6.07) is 27.6. The fourth-order valence-electron chi connectivity index (χ4n) is 4.68. The van der Waals surface area contributed by atoms with E-state index in [2.05, 4.69) is 0 Å². The SMILES string of the molecule is CN(C)C(=O)ON1C(=O)[C@@H](N)Cc2cc(Oc3ccccc3)ccc21.N[C@H]1Cc2cc(Oc3ccccc3)ccc2N(O)C1=O. The lowest BCUT2D eigenvalue weighted by atomic mass is 9.99. The van der Waals surface area contributed by atoms with Crippen molar-refractivity contribution in [2.45, 2.75) is 24.9 Å². The van der Waals surface area contributed by atoms with Gasteiger partial charge in [-0.05, 0) is 84.6 Å². The van der Waals surface area contributed by atoms with Crippen LogP contribution in [0.3, 0.4) is 0 Å². The van der Waals surface area contributed by atoms with Crippen LogP contribution in [0.4, 0.5) is 16.2 Å². The minimum Gasteiger partial charge on any atom is -0.457 e. The van der Waals surface area contributed by atoms with Crippen LogP contribution in [0.2, 0.25) is 0 Å². The number of hydroxylamine groups is 2. The Morgan fingerprint density at radius 2 is 1.18 bits per heavy atom. The number of nitrogens with two attached hydrogens (primary N) is 2. The van der Waals surface area contributed by atoms with Crippen molar-refractivity contribution >= 4 is 29.3 Å². The monoisotopic (exact) mass is 611 g/mol. The number of amides is 3. The Bertz CT molecular complexity index is 1680. The molecular formula is C33H33N5O7. The molecule has 0 spiro atoms. The molecule has 2 aliphatic rings. The number of para-hydroxylation sites is 2. The summed E-state index contributed by atoms with van der Waals surface area (Å²) in [5.41, 5.74) is 14.1. The lowest BCUT2D eigenvalue weighted by Gasteiger charge is -2.31. The molecule has 0 unspecified atom stereocenters. The first-order valence-electron chi connectivity index (χ1n) is 14.1. The van der Waals surface area contributed by atoms with Crippen molar-refractivity contribution in [2.75, 3.05) is 24.2 Å². The quantitative estimate of drug-likeness (QED) is 0.278. The zero-order valence-corrected chi connectivity index (χ0v) is 24.7. The third-order valence-electron chi connectivity index (χ3n) is 6.96. The van der Waals surface area contributed by atoms with Gasteiger partial charge >= 0.3 is 6.09 Å². The highest BCUT2D eigenvalue weighted by molar-refractivity contribution is 6.00. The molecule has 45 heavy (non-hydrogen) atoms. The van der Waals surface area contributed by atoms with Gasteiger partial charge in [0, 0.05) is 14.1 Å². The Balaban J connectivity index is 0.000000182. The van der Waals surface area contributed by atoms with Crippen molar-refractivity contribution < 1.29 is 33.9 Å². The van der Waals surface area contributed by atoms with E-state index in [0.29, 0.717) is 46.5 Å². The molecule has 12 heteroatoms. The van der Waals surface area contributed by atoms with Gasteiger partial charge in [0.1, 0.15) is 23.0 Å². The summed E-state index contributed by atoms with van der Waals surface area (Å²) in [6.07, 6.45) is 0.0749. The zero-order valence-electron chi connectivity index (χ0n) is 24.7. The van der Waals surface area contributed by atoms with Gasteiger partial charge in [-0.3, -0.25) is 14.8 Å². The Morgan fingerprint density at radius 3 is 1.69 bits per heavy atom. The van der Waals surface area contributed by atoms with Crippen molar-refractivity contribution in [2.24, 2.45) is 11.5 Å². The minimum atomic E-state index is -0.783. The number of fused-ring (bicyclic) bond motifs is 2. The number of rotatable bonds is 5. The maximum atomic E-state index is 12.3. The van der Waals surface area contributed by atoms with E-state index in [4.69, 9.17) is 25.8 Å². The predicted molar refractivity (Wildman–Crippen MR) is 166 cm³/mol. The second-order valence-corrected chi connectivity index (χ2v) is 10.6. The minimum absolute atomic E-state index is 0.343. The van der Waals surface area contributed by atoms with Gasteiger partial charge in [-0.15, -0.1) is 5.06 Å². The van der Waals surface area contributed by atoms with E-state index in [1.54, 1.807) is 36.4 Å². The van der Waals surface area contributed by atoms with Crippen LogP contribution in [0.1, 0.15) is 11.1 Å². The molecule has 0 saturated carbocycles. The van der Waals surface area contributed by atoms with Crippen molar-refractivity contribution in [3.63, 3.8) is 0 Å². The molecule has 12 nitrogen and oxygen atoms in total. The van der Waals surface area contributed by atoms with Gasteiger partial charge in [0.2, 0.25) is 0 Å². The Morgan fingerprint density at radius 1 is 0.711 bits per heavy atom. The van der Waals surface area contributed by atoms with Crippen LogP contribution in [0.5, 0.6) is 23.0 Å². The summed E-state index contributed by atoms with van der Waals surface area (Å²) < 4.78 is 11.5. The maximum absolute atomic E-state index is 12.3. The predicted octanol–water partition coefficient (Wildman–Crippen LogP) is 4.39. The lowest BCUT2D eigenvalue weighted by Crippen LogP contribution is -2.50. The number of anilines is 2. The van der Waals surface area contributed by atoms with Crippen LogP contribution in [-0.4, -0.2) is 54.2 Å². The number of nitrogens with zero attached hydrogens (tertiary/aromatic N) is 3. The molecule has 0 bridgehead atoms. The summed E-state index contributed by atoms with van der Waals surface area (Å²) in [4.78, 5) is 42.1. The first-order chi connectivity index (χ1) is 21.6. The van der Waals surface area contributed by atoms with Crippen LogP contribution < -0.4 is 31.1 Å². The maximum Gasteiger partial charge on any atom is 0.434 e. The van der Waals surface area contributed by atoms with E-state index in [1.807, 2.05) is 60.7 Å². The van der Waals surface area contributed by atoms with Gasteiger partial charge in [0.25, 0.3) is 11.8 Å². The molecule has 5 N–H and O–H groups in total. The number of hydrogen-bond donors (Lipinski definition) is 3. The first kappa shape index (κ1) is 31.0. The molecule has 2 aliphatic heterocycles. The third-order valence-corrected chi connectivity index (χ3v) is 6.96. The molecule has 2 heterocycles. The van der Waals surface area contributed by atoms with Gasteiger partial charge in [0.05, 0.1) is 23.5 Å². The van der Waals surface area contributed by atoms with Crippen molar-refractivity contribution in [3.05, 3.63) is 108 Å². The van der Waals surface area contributed by atoms with E-state index >= 15 is 0 Å². The van der Waals surface area contributed by atoms with Crippen LogP contribution >= 0.6 is 0 Å². The van der Waals surface area contributed by atoms with Crippen LogP contribution in [0.25, 0.3) is 0 Å². The average Bonchev–Trinajstić information content (AvgIpc) is 3.03. The largest absolute Gasteiger partial charge is 0.457 e. The van der Waals surface area contributed by atoms with Gasteiger partial charge in [-0.1, -0.05) is 36.4 Å². The van der Waals surface area contributed by atoms with Crippen molar-refractivity contribution in [1.29, 1.82) is 0 Å². The highest BCUT2D eigenvalue weighted by Gasteiger charge is 2.34. The fraction of sp³-hybridized carbons (Fsp3) is 0.182. The molecule has 4 aromatic rings. The van der Waals surface area contributed by atoms with E-state index in [0.717, 1.165) is 21.9 Å². The summed E-state index contributed by atoms with van der Waals surface area (Å²) in [5.74, 6) is 1.74. The summed E-state index contributed by atoms with van der Waals surface area (Å²) in [5, 5.41) is 11.3. The molecule has 2 atom stereocenters. The number of carbonyl (C=O) groups excluding carboxylic acids is 3. The van der Waals surface area contributed by atoms with E-state index < -0.39 is 30.0 Å². The molecule has 232 valence electrons. The topological polar surface area (TPSA) is 161 Å². The van der Waals surface area contributed by atoms with Gasteiger partial charge < -0.3 is 30.7 Å². The highest BCUT2D eigenvalue weighted by atomic mass is 16.7. The molecule has 4 aromatic carbocycles. The number of ether oxygens (including phenoxy) is 2. The Kier molecular flexibility index (Phi) is 9.28. The van der Waals surface area contributed by atoms with Gasteiger partial charge in [0.15, 0.2) is 0 Å². The summed E-state index contributed by atoms with van der Waals surface area (Å²) in [6.45, 7) is 0. The van der Waals surface area contributed by atoms with Crippen molar-refractivity contribution in [1.82, 2.24) is 4.90 Å². The Hall–Kier alpha value is -5.43. The standard InChI is InChI=1S/C18H19N3O4.C15H14N2O3/c1-20(2)18(23)25-21-16-9-8-14(24-13-6-4-3-5-7-13)10-12(16)11-15(19)17(21)22;16-13-9-10-8-12(20-11-4-2-1-3-5-11)6-7-14(10)17(19)15(13)18/h3-10,15H,11,19H2,1-2H3;1-8,13,19H,9,16H2/t15-;13-/m00/s1. The number of carbonyl (C=O) groups is 3. The first-order valence-corrected chi connectivity index (χ1v) is 14.1. The average molecular weight is 612 g/mol. The molecular weight excluding hydrogens is 578 g/mol. The number of hydrogen-bond acceptors (Lipinski definition) is 9. The van der Waals surface area contributed by atoms with E-state index in [1.165, 1.54) is 19.0 Å². The van der Waals surface area contributed by atoms with Crippen LogP contribution in [-0.2, 0) is 27.3 Å². The summed E-state index contributed by atoms with van der Waals surface area (Å²) >= 11 is 0. The Labute approximate surface area is 259 Å². The summed E-state index contributed by atoms with van der Waals surface area (Å²) in [7, 11) is 3.07. The second kappa shape index (κ2) is 13.5. The third kappa shape index (κ3) is 7.21. The molecule has 0 aliphatic carbocycles. The molecule has 3 amide bonds. The molecule has 0 aromatic heterocycles. The second-order valence-electron chi connectivity index (χ2n) is 10.6. The van der Waals surface area contributed by atoms with E-state index in [-0.39, 0.29) is 0 Å². The van der Waals surface area contributed by atoms with Gasteiger partial charge in [-0.25, -0.2) is 4.79 Å². The van der Waals surface area contributed by atoms with Crippen LogP contribution in [0.15, 0.2) is 97.1 Å². The van der Waals surface area contributed by atoms with Crippen LogP contribution in [0, 0.1) is 0 Å². The zero-order chi connectivity index (χ0) is 32.1. The van der Waals surface area contributed by atoms with Crippen molar-refractivity contribution in [3.8, 4) is 23.0 Å². The highest BCUT2D eigenvalue weighted by Crippen LogP contribution is 2.34. The lowest BCUT2D eigenvalue weighted by molar-refractivity contribution is -0.126. The smallest absolute Gasteiger partial charge is 0.434 e. The molecule has 0 fully saturated rings. The molecule has 0 radical (unpaired) electrons. The van der Waals surface area contributed by atoms with E-state index in [9.17, 15) is 19.6 Å². The normalized spacial score (nSPS) is 16.9. The molecule has 6 rings (SSSR count). The molecule has 0 saturated heterocycles.